The molecule has 0 radical (unpaired) electrons. The van der Waals surface area contributed by atoms with Crippen molar-refractivity contribution in [1.82, 2.24) is 4.98 Å². The van der Waals surface area contributed by atoms with Crippen LogP contribution in [-0.4, -0.2) is 22.7 Å². The third kappa shape index (κ3) is 3.42. The molecule has 0 spiro atoms. The van der Waals surface area contributed by atoms with Gasteiger partial charge in [-0.25, -0.2) is 4.98 Å². The Hall–Kier alpha value is -1.09. The van der Waals surface area contributed by atoms with Gasteiger partial charge in [0.1, 0.15) is 5.82 Å². The average molecular weight is 180 g/mol. The molecule has 0 amide bonds. The molecule has 0 fully saturated rings. The maximum Gasteiger partial charge on any atom is 0.128 e. The van der Waals surface area contributed by atoms with Crippen molar-refractivity contribution in [3.8, 4) is 0 Å². The molecule has 1 aromatic heterocycles. The first-order chi connectivity index (χ1) is 6.20. The zero-order valence-corrected chi connectivity index (χ0v) is 8.12. The fourth-order valence-electron chi connectivity index (χ4n) is 1.07. The first-order valence-corrected chi connectivity index (χ1v) is 4.53. The fraction of sp³-hybridized carbons (Fsp3) is 0.500. The van der Waals surface area contributed by atoms with Crippen molar-refractivity contribution < 1.29 is 5.11 Å². The lowest BCUT2D eigenvalue weighted by molar-refractivity contribution is 0.188. The third-order valence-electron chi connectivity index (χ3n) is 1.86. The molecule has 1 heterocycles. The molecule has 2 N–H and O–H groups in total. The second-order valence-electron chi connectivity index (χ2n) is 3.23. The zero-order chi connectivity index (χ0) is 9.68. The van der Waals surface area contributed by atoms with Gasteiger partial charge in [-0.05, 0) is 31.9 Å². The van der Waals surface area contributed by atoms with Crippen LogP contribution in [0.15, 0.2) is 18.3 Å². The molecule has 1 unspecified atom stereocenters. The lowest BCUT2D eigenvalue weighted by atomic mass is 10.2. The lowest BCUT2D eigenvalue weighted by Gasteiger charge is -2.08. The van der Waals surface area contributed by atoms with E-state index in [2.05, 4.69) is 10.3 Å². The summed E-state index contributed by atoms with van der Waals surface area (Å²) in [5, 5.41) is 12.2. The summed E-state index contributed by atoms with van der Waals surface area (Å²) in [6, 6.07) is 3.92. The Morgan fingerprint density at radius 3 is 3.00 bits per heavy atom. The van der Waals surface area contributed by atoms with E-state index in [0.717, 1.165) is 24.3 Å². The predicted molar refractivity (Wildman–Crippen MR) is 53.8 cm³/mol. The highest BCUT2D eigenvalue weighted by molar-refractivity contribution is 5.42. The summed E-state index contributed by atoms with van der Waals surface area (Å²) in [5.74, 6) is 0.906. The van der Waals surface area contributed by atoms with Gasteiger partial charge in [-0.15, -0.1) is 0 Å². The summed E-state index contributed by atoms with van der Waals surface area (Å²) in [5.41, 5.74) is 1.13. The maximum atomic E-state index is 9.04. The highest BCUT2D eigenvalue weighted by Crippen LogP contribution is 2.08. The van der Waals surface area contributed by atoms with Crippen molar-refractivity contribution in [3.63, 3.8) is 0 Å². The Labute approximate surface area is 78.8 Å². The summed E-state index contributed by atoms with van der Waals surface area (Å²) >= 11 is 0. The first-order valence-electron chi connectivity index (χ1n) is 4.53. The minimum absolute atomic E-state index is 0.253. The quantitative estimate of drug-likeness (QED) is 0.739. The van der Waals surface area contributed by atoms with Crippen molar-refractivity contribution >= 4 is 5.82 Å². The summed E-state index contributed by atoms with van der Waals surface area (Å²) in [4.78, 5) is 4.18. The van der Waals surface area contributed by atoms with Crippen LogP contribution in [0.2, 0.25) is 0 Å². The number of aryl methyl sites for hydroxylation is 1. The van der Waals surface area contributed by atoms with Crippen LogP contribution in [0.3, 0.4) is 0 Å². The fourth-order valence-corrected chi connectivity index (χ4v) is 1.07. The molecule has 1 atom stereocenters. The number of hydrogen-bond acceptors (Lipinski definition) is 3. The van der Waals surface area contributed by atoms with Crippen molar-refractivity contribution in [1.29, 1.82) is 0 Å². The monoisotopic (exact) mass is 180 g/mol. The summed E-state index contributed by atoms with van der Waals surface area (Å²) < 4.78 is 0. The highest BCUT2D eigenvalue weighted by atomic mass is 16.3. The van der Waals surface area contributed by atoms with E-state index < -0.39 is 0 Å². The molecular weight excluding hydrogens is 164 g/mol. The smallest absolute Gasteiger partial charge is 0.128 e. The number of rotatable bonds is 4. The Morgan fingerprint density at radius 2 is 2.38 bits per heavy atom. The van der Waals surface area contributed by atoms with Gasteiger partial charge in [-0.3, -0.25) is 0 Å². The molecule has 1 aromatic rings. The van der Waals surface area contributed by atoms with Crippen LogP contribution in [0.5, 0.6) is 0 Å². The topological polar surface area (TPSA) is 45.2 Å². The van der Waals surface area contributed by atoms with Gasteiger partial charge in [0.2, 0.25) is 0 Å². The van der Waals surface area contributed by atoms with Crippen molar-refractivity contribution in [2.75, 3.05) is 11.9 Å². The Balaban J connectivity index is 2.41. The van der Waals surface area contributed by atoms with Gasteiger partial charge in [0.05, 0.1) is 6.10 Å². The maximum absolute atomic E-state index is 9.04. The number of pyridine rings is 1. The Kier molecular flexibility index (Phi) is 3.71. The van der Waals surface area contributed by atoms with E-state index in [1.54, 1.807) is 13.1 Å². The van der Waals surface area contributed by atoms with E-state index in [-0.39, 0.29) is 6.10 Å². The molecule has 0 aliphatic rings. The molecule has 0 aliphatic carbocycles. The van der Waals surface area contributed by atoms with Gasteiger partial charge < -0.3 is 10.4 Å². The number of nitrogens with one attached hydrogen (secondary N) is 1. The standard InChI is InChI=1S/C10H16N2O/c1-8-4-3-6-11-10(8)12-7-5-9(2)13/h3-4,6,9,13H,5,7H2,1-2H3,(H,11,12). The van der Waals surface area contributed by atoms with Gasteiger partial charge in [-0.1, -0.05) is 6.07 Å². The van der Waals surface area contributed by atoms with E-state index >= 15 is 0 Å². The van der Waals surface area contributed by atoms with Crippen molar-refractivity contribution in [2.45, 2.75) is 26.4 Å². The molecule has 0 saturated carbocycles. The summed E-state index contributed by atoms with van der Waals surface area (Å²) in [6.45, 7) is 4.56. The van der Waals surface area contributed by atoms with Gasteiger partial charge in [0, 0.05) is 12.7 Å². The van der Waals surface area contributed by atoms with Gasteiger partial charge in [-0.2, -0.15) is 0 Å². The molecule has 72 valence electrons. The Morgan fingerprint density at radius 1 is 1.62 bits per heavy atom. The second kappa shape index (κ2) is 4.82. The molecule has 3 heteroatoms. The largest absolute Gasteiger partial charge is 0.393 e. The van der Waals surface area contributed by atoms with Gasteiger partial charge in [0.25, 0.3) is 0 Å². The van der Waals surface area contributed by atoms with Crippen LogP contribution in [-0.2, 0) is 0 Å². The van der Waals surface area contributed by atoms with E-state index in [1.807, 2.05) is 19.1 Å². The molecule has 0 aromatic carbocycles. The predicted octanol–water partition coefficient (Wildman–Crippen LogP) is 1.57. The molecule has 13 heavy (non-hydrogen) atoms. The number of aromatic nitrogens is 1. The second-order valence-corrected chi connectivity index (χ2v) is 3.23. The normalized spacial score (nSPS) is 12.5. The molecule has 0 saturated heterocycles. The number of aliphatic hydroxyl groups excluding tert-OH is 1. The van der Waals surface area contributed by atoms with Crippen LogP contribution < -0.4 is 5.32 Å². The molecular formula is C10H16N2O. The Bertz CT molecular complexity index is 261. The minimum atomic E-state index is -0.253. The van der Waals surface area contributed by atoms with Crippen LogP contribution >= 0.6 is 0 Å². The number of anilines is 1. The summed E-state index contributed by atoms with van der Waals surface area (Å²) in [6.07, 6.45) is 2.25. The van der Waals surface area contributed by atoms with Gasteiger partial charge >= 0.3 is 0 Å². The average Bonchev–Trinajstić information content (AvgIpc) is 2.08. The molecule has 0 bridgehead atoms. The first kappa shape index (κ1) is 9.99. The van der Waals surface area contributed by atoms with E-state index in [0.29, 0.717) is 0 Å². The van der Waals surface area contributed by atoms with E-state index in [1.165, 1.54) is 0 Å². The number of hydrogen-bond donors (Lipinski definition) is 2. The SMILES string of the molecule is Cc1cccnc1NCCC(C)O. The van der Waals surface area contributed by atoms with Crippen LogP contribution in [0.4, 0.5) is 5.82 Å². The number of aliphatic hydroxyl groups is 1. The molecule has 0 aliphatic heterocycles. The highest BCUT2D eigenvalue weighted by Gasteiger charge is 1.98. The van der Waals surface area contributed by atoms with E-state index in [9.17, 15) is 0 Å². The zero-order valence-electron chi connectivity index (χ0n) is 8.12. The van der Waals surface area contributed by atoms with E-state index in [4.69, 9.17) is 5.11 Å². The van der Waals surface area contributed by atoms with Crippen molar-refractivity contribution in [2.24, 2.45) is 0 Å². The molecule has 1 rings (SSSR count). The molecule has 3 nitrogen and oxygen atoms in total. The summed E-state index contributed by atoms with van der Waals surface area (Å²) in [7, 11) is 0. The van der Waals surface area contributed by atoms with Crippen LogP contribution in [0, 0.1) is 6.92 Å². The van der Waals surface area contributed by atoms with Crippen molar-refractivity contribution in [3.05, 3.63) is 23.9 Å². The van der Waals surface area contributed by atoms with Crippen LogP contribution in [0.25, 0.3) is 0 Å². The van der Waals surface area contributed by atoms with Crippen LogP contribution in [0.1, 0.15) is 18.9 Å². The van der Waals surface area contributed by atoms with Gasteiger partial charge in [0.15, 0.2) is 0 Å². The lowest BCUT2D eigenvalue weighted by Crippen LogP contribution is -2.11. The third-order valence-corrected chi connectivity index (χ3v) is 1.86. The minimum Gasteiger partial charge on any atom is -0.393 e. The number of nitrogens with zero attached hydrogens (tertiary/aromatic N) is 1.